The van der Waals surface area contributed by atoms with Gasteiger partial charge in [0.2, 0.25) is 10.0 Å². The van der Waals surface area contributed by atoms with Gasteiger partial charge in [-0.25, -0.2) is 13.1 Å². The summed E-state index contributed by atoms with van der Waals surface area (Å²) in [6.07, 6.45) is -0.323. The molecule has 0 saturated heterocycles. The largest absolute Gasteiger partial charge is 0.388 e. The highest BCUT2D eigenvalue weighted by atomic mass is 35.5. The molecule has 0 saturated carbocycles. The van der Waals surface area contributed by atoms with Crippen LogP contribution in [0.1, 0.15) is 17.4 Å². The lowest BCUT2D eigenvalue weighted by Crippen LogP contribution is -2.25. The number of aliphatic hydroxyl groups excluding tert-OH is 1. The summed E-state index contributed by atoms with van der Waals surface area (Å²) >= 11 is 7.16. The second-order valence-corrected chi connectivity index (χ2v) is 7.35. The molecule has 0 radical (unpaired) electrons. The Kier molecular flexibility index (Phi) is 5.17. The molecule has 0 aliphatic heterocycles. The van der Waals surface area contributed by atoms with Gasteiger partial charge in [-0.05, 0) is 42.1 Å². The van der Waals surface area contributed by atoms with Crippen molar-refractivity contribution in [3.8, 4) is 0 Å². The molecule has 4 nitrogen and oxygen atoms in total. The molecule has 7 heteroatoms. The molecule has 1 aromatic heterocycles. The Bertz CT molecular complexity index is 639. The van der Waals surface area contributed by atoms with Crippen LogP contribution in [0.15, 0.2) is 46.7 Å². The van der Waals surface area contributed by atoms with E-state index in [9.17, 15) is 13.5 Å². The third-order valence-corrected chi connectivity index (χ3v) is 5.41. The Labute approximate surface area is 127 Å². The van der Waals surface area contributed by atoms with Crippen LogP contribution in [0.25, 0.3) is 0 Å². The lowest BCUT2D eigenvalue weighted by atomic mass is 10.2. The van der Waals surface area contributed by atoms with Crippen LogP contribution in [0.5, 0.6) is 0 Å². The van der Waals surface area contributed by atoms with Crippen LogP contribution in [0.3, 0.4) is 0 Å². The molecule has 2 rings (SSSR count). The van der Waals surface area contributed by atoms with Crippen LogP contribution in [0, 0.1) is 0 Å². The van der Waals surface area contributed by atoms with E-state index in [1.807, 2.05) is 17.5 Å². The van der Waals surface area contributed by atoms with Gasteiger partial charge in [0, 0.05) is 16.4 Å². The molecule has 1 heterocycles. The Morgan fingerprint density at radius 2 is 1.95 bits per heavy atom. The van der Waals surface area contributed by atoms with Crippen molar-refractivity contribution in [3.05, 3.63) is 51.7 Å². The maximum Gasteiger partial charge on any atom is 0.240 e. The standard InChI is InChI=1S/C13H14ClNO3S2/c14-10-3-5-11(6-4-10)20(17,18)15-8-7-12(16)13-2-1-9-19-13/h1-6,9,12,15-16H,7-8H2. The third-order valence-electron chi connectivity index (χ3n) is 2.71. The van der Waals surface area contributed by atoms with Crippen LogP contribution in [-0.4, -0.2) is 20.1 Å². The maximum absolute atomic E-state index is 12.0. The van der Waals surface area contributed by atoms with Crippen molar-refractivity contribution in [1.29, 1.82) is 0 Å². The predicted octanol–water partition coefficient (Wildman–Crippen LogP) is 2.80. The molecule has 0 aliphatic rings. The fraction of sp³-hybridized carbons (Fsp3) is 0.231. The van der Waals surface area contributed by atoms with Crippen LogP contribution in [0.4, 0.5) is 0 Å². The van der Waals surface area contributed by atoms with E-state index < -0.39 is 16.1 Å². The van der Waals surface area contributed by atoms with Gasteiger partial charge >= 0.3 is 0 Å². The second kappa shape index (κ2) is 6.69. The summed E-state index contributed by atoms with van der Waals surface area (Å²) in [7, 11) is -3.56. The second-order valence-electron chi connectivity index (χ2n) is 4.17. The topological polar surface area (TPSA) is 66.4 Å². The number of halogens is 1. The first-order valence-electron chi connectivity index (χ1n) is 5.96. The minimum absolute atomic E-state index is 0.160. The molecule has 1 aromatic carbocycles. The number of thiophene rings is 1. The van der Waals surface area contributed by atoms with Crippen molar-refractivity contribution in [2.45, 2.75) is 17.4 Å². The Morgan fingerprint density at radius 1 is 1.25 bits per heavy atom. The first-order chi connectivity index (χ1) is 9.49. The van der Waals surface area contributed by atoms with Gasteiger partial charge in [0.15, 0.2) is 0 Å². The Morgan fingerprint density at radius 3 is 2.55 bits per heavy atom. The summed E-state index contributed by atoms with van der Waals surface area (Å²) in [5.41, 5.74) is 0. The van der Waals surface area contributed by atoms with Crippen LogP contribution < -0.4 is 4.72 Å². The fourth-order valence-corrected chi connectivity index (χ4v) is 3.57. The van der Waals surface area contributed by atoms with Gasteiger partial charge in [-0.1, -0.05) is 17.7 Å². The molecular formula is C13H14ClNO3S2. The number of sulfonamides is 1. The van der Waals surface area contributed by atoms with Crippen molar-refractivity contribution < 1.29 is 13.5 Å². The maximum atomic E-state index is 12.0. The van der Waals surface area contributed by atoms with Gasteiger partial charge in [0.05, 0.1) is 11.0 Å². The zero-order valence-electron chi connectivity index (χ0n) is 10.5. The zero-order chi connectivity index (χ0) is 14.6. The van der Waals surface area contributed by atoms with Crippen LogP contribution >= 0.6 is 22.9 Å². The Hall–Kier alpha value is -0.920. The monoisotopic (exact) mass is 331 g/mol. The highest BCUT2D eigenvalue weighted by Crippen LogP contribution is 2.21. The fourth-order valence-electron chi connectivity index (χ4n) is 1.65. The van der Waals surface area contributed by atoms with E-state index in [0.29, 0.717) is 11.4 Å². The predicted molar refractivity (Wildman–Crippen MR) is 80.5 cm³/mol. The van der Waals surface area contributed by atoms with Gasteiger partial charge < -0.3 is 5.11 Å². The van der Waals surface area contributed by atoms with E-state index in [0.717, 1.165) is 4.88 Å². The number of aliphatic hydroxyl groups is 1. The Balaban J connectivity index is 1.91. The van der Waals surface area contributed by atoms with Gasteiger partial charge in [-0.3, -0.25) is 0 Å². The average molecular weight is 332 g/mol. The smallest absolute Gasteiger partial charge is 0.240 e. The highest BCUT2D eigenvalue weighted by Gasteiger charge is 2.15. The molecule has 0 aliphatic carbocycles. The van der Waals surface area contributed by atoms with Crippen molar-refractivity contribution in [3.63, 3.8) is 0 Å². The van der Waals surface area contributed by atoms with Gasteiger partial charge in [0.25, 0.3) is 0 Å². The molecule has 0 bridgehead atoms. The zero-order valence-corrected chi connectivity index (χ0v) is 12.9. The first-order valence-corrected chi connectivity index (χ1v) is 8.70. The summed E-state index contributed by atoms with van der Waals surface area (Å²) < 4.78 is 26.4. The van der Waals surface area contributed by atoms with Gasteiger partial charge in [-0.2, -0.15) is 0 Å². The summed E-state index contributed by atoms with van der Waals surface area (Å²) in [6, 6.07) is 9.61. The van der Waals surface area contributed by atoms with Crippen molar-refractivity contribution in [1.82, 2.24) is 4.72 Å². The van der Waals surface area contributed by atoms with Crippen molar-refractivity contribution in [2.75, 3.05) is 6.54 Å². The minimum atomic E-state index is -3.56. The van der Waals surface area contributed by atoms with E-state index >= 15 is 0 Å². The normalized spacial score (nSPS) is 13.3. The number of nitrogens with one attached hydrogen (secondary N) is 1. The number of benzene rings is 1. The van der Waals surface area contributed by atoms with E-state index in [1.165, 1.54) is 35.6 Å². The van der Waals surface area contributed by atoms with Gasteiger partial charge in [0.1, 0.15) is 0 Å². The molecule has 20 heavy (non-hydrogen) atoms. The van der Waals surface area contributed by atoms with Crippen molar-refractivity contribution in [2.24, 2.45) is 0 Å². The SMILES string of the molecule is O=S(=O)(NCCC(O)c1cccs1)c1ccc(Cl)cc1. The molecule has 0 spiro atoms. The lowest BCUT2D eigenvalue weighted by Gasteiger charge is -2.10. The molecule has 1 atom stereocenters. The summed E-state index contributed by atoms with van der Waals surface area (Å²) in [4.78, 5) is 0.989. The number of rotatable bonds is 6. The molecule has 1 unspecified atom stereocenters. The van der Waals surface area contributed by atoms with E-state index in [1.54, 1.807) is 0 Å². The molecule has 2 aromatic rings. The minimum Gasteiger partial charge on any atom is -0.388 e. The van der Waals surface area contributed by atoms with Gasteiger partial charge in [-0.15, -0.1) is 11.3 Å². The van der Waals surface area contributed by atoms with E-state index in [-0.39, 0.29) is 11.4 Å². The molecule has 2 N–H and O–H groups in total. The van der Waals surface area contributed by atoms with Crippen molar-refractivity contribution >= 4 is 33.0 Å². The summed E-state index contributed by atoms with van der Waals surface area (Å²) in [6.45, 7) is 0.171. The average Bonchev–Trinajstić information content (AvgIpc) is 2.93. The third kappa shape index (κ3) is 4.04. The molecular weight excluding hydrogens is 318 g/mol. The first kappa shape index (κ1) is 15.5. The van der Waals surface area contributed by atoms with Crippen LogP contribution in [0.2, 0.25) is 5.02 Å². The van der Waals surface area contributed by atoms with Crippen LogP contribution in [-0.2, 0) is 10.0 Å². The number of hydrogen-bond donors (Lipinski definition) is 2. The summed E-state index contributed by atoms with van der Waals surface area (Å²) in [5.74, 6) is 0. The number of hydrogen-bond acceptors (Lipinski definition) is 4. The molecule has 0 fully saturated rings. The highest BCUT2D eigenvalue weighted by molar-refractivity contribution is 7.89. The molecule has 0 amide bonds. The van der Waals surface area contributed by atoms with E-state index in [4.69, 9.17) is 11.6 Å². The summed E-state index contributed by atoms with van der Waals surface area (Å²) in [5, 5.41) is 12.2. The van der Waals surface area contributed by atoms with E-state index in [2.05, 4.69) is 4.72 Å². The quantitative estimate of drug-likeness (QED) is 0.855. The molecule has 108 valence electrons. The lowest BCUT2D eigenvalue weighted by molar-refractivity contribution is 0.173.